The summed E-state index contributed by atoms with van der Waals surface area (Å²) in [6.45, 7) is 6.48. The number of phosphoric acid groups is 1. The van der Waals surface area contributed by atoms with Gasteiger partial charge in [0, 0.05) is 0 Å². The van der Waals surface area contributed by atoms with E-state index in [2.05, 4.69) is 6.92 Å². The first-order chi connectivity index (χ1) is 9.98. The van der Waals surface area contributed by atoms with Crippen LogP contribution in [0.15, 0.2) is 0 Å². The second-order valence-electron chi connectivity index (χ2n) is 6.15. The molecule has 0 amide bonds. The molecule has 0 saturated heterocycles. The molecule has 0 aromatic heterocycles. The Bertz CT molecular complexity index is 275. The molecular formula is C16H34KO4P. The minimum Gasteiger partial charge on any atom is -0.756 e. The Kier molecular flexibility index (Phi) is 20.7. The molecule has 0 aliphatic heterocycles. The molecule has 0 heterocycles. The molecule has 0 aromatic rings. The molecule has 0 aliphatic carbocycles. The van der Waals surface area contributed by atoms with Crippen molar-refractivity contribution in [1.29, 1.82) is 0 Å². The van der Waals surface area contributed by atoms with Gasteiger partial charge in [-0.05, 0) is 12.3 Å². The zero-order chi connectivity index (χ0) is 16.0. The first kappa shape index (κ1) is 26.0. The van der Waals surface area contributed by atoms with Crippen molar-refractivity contribution in [3.63, 3.8) is 0 Å². The van der Waals surface area contributed by atoms with E-state index in [9.17, 15) is 9.46 Å². The molecule has 1 unspecified atom stereocenters. The van der Waals surface area contributed by atoms with Crippen molar-refractivity contribution in [2.24, 2.45) is 5.92 Å². The quantitative estimate of drug-likeness (QED) is 0.255. The van der Waals surface area contributed by atoms with Crippen LogP contribution in [0.4, 0.5) is 0 Å². The predicted octanol–water partition coefficient (Wildman–Crippen LogP) is 2.07. The van der Waals surface area contributed by atoms with Crippen molar-refractivity contribution < 1.29 is 69.9 Å². The van der Waals surface area contributed by atoms with Gasteiger partial charge in [-0.25, -0.2) is 0 Å². The van der Waals surface area contributed by atoms with E-state index in [1.165, 1.54) is 44.9 Å². The van der Waals surface area contributed by atoms with Crippen LogP contribution in [0.3, 0.4) is 0 Å². The second-order valence-corrected chi connectivity index (χ2v) is 7.56. The van der Waals surface area contributed by atoms with Crippen LogP contribution in [0.1, 0.15) is 85.0 Å². The zero-order valence-corrected chi connectivity index (χ0v) is 19.2. The summed E-state index contributed by atoms with van der Waals surface area (Å²) in [6, 6.07) is 0. The van der Waals surface area contributed by atoms with E-state index in [1.54, 1.807) is 0 Å². The molecule has 0 radical (unpaired) electrons. The first-order valence-corrected chi connectivity index (χ1v) is 10.0. The fraction of sp³-hybridized carbons (Fsp3) is 1.00. The van der Waals surface area contributed by atoms with Crippen molar-refractivity contribution in [3.05, 3.63) is 0 Å². The number of hydrogen-bond acceptors (Lipinski definition) is 4. The smallest absolute Gasteiger partial charge is 0.756 e. The molecule has 128 valence electrons. The Morgan fingerprint density at radius 1 is 0.864 bits per heavy atom. The van der Waals surface area contributed by atoms with Crippen molar-refractivity contribution >= 4 is 7.82 Å². The molecule has 0 spiro atoms. The van der Waals surface area contributed by atoms with Gasteiger partial charge >= 0.3 is 51.4 Å². The Morgan fingerprint density at radius 3 is 1.77 bits per heavy atom. The third kappa shape index (κ3) is 19.8. The van der Waals surface area contributed by atoms with Gasteiger partial charge in [0.2, 0.25) is 0 Å². The van der Waals surface area contributed by atoms with Crippen LogP contribution in [0.2, 0.25) is 0 Å². The topological polar surface area (TPSA) is 58.6 Å². The maximum atomic E-state index is 11.4. The van der Waals surface area contributed by atoms with E-state index in [0.29, 0.717) is 0 Å². The van der Waals surface area contributed by atoms with E-state index in [4.69, 9.17) is 9.05 Å². The molecule has 0 aromatic carbocycles. The Hall–Kier alpha value is 1.75. The second kappa shape index (κ2) is 17.6. The molecule has 0 N–H and O–H groups in total. The van der Waals surface area contributed by atoms with Gasteiger partial charge in [0.15, 0.2) is 0 Å². The Balaban J connectivity index is 0. The Morgan fingerprint density at radius 2 is 1.32 bits per heavy atom. The van der Waals surface area contributed by atoms with Crippen molar-refractivity contribution in [1.82, 2.24) is 0 Å². The van der Waals surface area contributed by atoms with Crippen LogP contribution in [0.5, 0.6) is 0 Å². The number of phosphoric ester groups is 1. The molecule has 0 rings (SSSR count). The molecule has 0 fully saturated rings. The van der Waals surface area contributed by atoms with Gasteiger partial charge in [-0.1, -0.05) is 78.6 Å². The van der Waals surface area contributed by atoms with E-state index in [0.717, 1.165) is 19.3 Å². The number of rotatable bonds is 15. The van der Waals surface area contributed by atoms with Crippen LogP contribution >= 0.6 is 7.82 Å². The van der Waals surface area contributed by atoms with Crippen LogP contribution in [-0.4, -0.2) is 13.2 Å². The van der Waals surface area contributed by atoms with Gasteiger partial charge in [0.1, 0.15) is 0 Å². The van der Waals surface area contributed by atoms with Gasteiger partial charge in [0.05, 0.1) is 13.2 Å². The summed E-state index contributed by atoms with van der Waals surface area (Å²) in [5.74, 6) is 0.188. The third-order valence-electron chi connectivity index (χ3n) is 3.31. The van der Waals surface area contributed by atoms with E-state index < -0.39 is 7.82 Å². The van der Waals surface area contributed by atoms with E-state index in [1.807, 2.05) is 13.8 Å². The summed E-state index contributed by atoms with van der Waals surface area (Å²) in [5, 5.41) is 0. The van der Waals surface area contributed by atoms with E-state index >= 15 is 0 Å². The fourth-order valence-corrected chi connectivity index (χ4v) is 2.95. The summed E-state index contributed by atoms with van der Waals surface area (Å²) in [7, 11) is -4.07. The van der Waals surface area contributed by atoms with Crippen LogP contribution < -0.4 is 56.3 Å². The fourth-order valence-electron chi connectivity index (χ4n) is 2.04. The van der Waals surface area contributed by atoms with Crippen LogP contribution in [0, 0.1) is 5.92 Å². The van der Waals surface area contributed by atoms with Crippen molar-refractivity contribution in [3.8, 4) is 0 Å². The molecule has 22 heavy (non-hydrogen) atoms. The summed E-state index contributed by atoms with van der Waals surface area (Å²) in [4.78, 5) is 11.4. The predicted molar refractivity (Wildman–Crippen MR) is 86.2 cm³/mol. The molecule has 4 nitrogen and oxygen atoms in total. The average molecular weight is 361 g/mol. The standard InChI is InChI=1S/C16H35O4P.K/c1-4-5-6-7-8-9-10-11-12-13-14-19-21(17,18)20-15-16(2)3;/h16H,4-15H2,1-3H3,(H,17,18);/q;+1/p-1. The normalized spacial score (nSPS) is 13.9. The van der Waals surface area contributed by atoms with Gasteiger partial charge in [0.25, 0.3) is 7.82 Å². The maximum absolute atomic E-state index is 11.4. The molecule has 6 heteroatoms. The van der Waals surface area contributed by atoms with Crippen molar-refractivity contribution in [2.75, 3.05) is 13.2 Å². The first-order valence-electron chi connectivity index (χ1n) is 8.58. The Labute approximate surface area is 180 Å². The van der Waals surface area contributed by atoms with Crippen LogP contribution in [-0.2, 0) is 13.6 Å². The van der Waals surface area contributed by atoms with Gasteiger partial charge in [-0.3, -0.25) is 4.57 Å². The molecule has 0 aliphatic rings. The summed E-state index contributed by atoms with van der Waals surface area (Å²) in [6.07, 6.45) is 12.2. The number of unbranched alkanes of at least 4 members (excludes halogenated alkanes) is 9. The minimum atomic E-state index is -4.07. The van der Waals surface area contributed by atoms with E-state index in [-0.39, 0.29) is 70.5 Å². The molecular weight excluding hydrogens is 326 g/mol. The largest absolute Gasteiger partial charge is 1.00 e. The van der Waals surface area contributed by atoms with Gasteiger partial charge in [-0.15, -0.1) is 0 Å². The average Bonchev–Trinajstić information content (AvgIpc) is 2.43. The zero-order valence-electron chi connectivity index (χ0n) is 15.1. The van der Waals surface area contributed by atoms with Crippen LogP contribution in [0.25, 0.3) is 0 Å². The molecule has 1 atom stereocenters. The maximum Gasteiger partial charge on any atom is 1.00 e. The minimum absolute atomic E-state index is 0. The number of hydrogen-bond donors (Lipinski definition) is 0. The SMILES string of the molecule is CCCCCCCCCCCCOP(=O)([O-])OCC(C)C.[K+]. The van der Waals surface area contributed by atoms with Gasteiger partial charge in [-0.2, -0.15) is 0 Å². The van der Waals surface area contributed by atoms with Gasteiger partial charge < -0.3 is 13.9 Å². The summed E-state index contributed by atoms with van der Waals surface area (Å²) in [5.41, 5.74) is 0. The molecule has 0 saturated carbocycles. The van der Waals surface area contributed by atoms with Crippen molar-refractivity contribution in [2.45, 2.75) is 85.0 Å². The third-order valence-corrected chi connectivity index (χ3v) is 4.28. The monoisotopic (exact) mass is 360 g/mol. The summed E-state index contributed by atoms with van der Waals surface area (Å²) >= 11 is 0. The summed E-state index contributed by atoms with van der Waals surface area (Å²) < 4.78 is 21.0. The molecule has 0 bridgehead atoms.